The molecule has 0 atom stereocenters. The average Bonchev–Trinajstić information content (AvgIpc) is 3.12. The summed E-state index contributed by atoms with van der Waals surface area (Å²) in [5.41, 5.74) is 2.06. The molecule has 0 saturated heterocycles. The fourth-order valence-electron chi connectivity index (χ4n) is 3.53. The number of carbonyl (C=O) groups excluding carboxylic acids is 1. The molecule has 0 bridgehead atoms. The molecule has 0 aliphatic heterocycles. The smallest absolute Gasteiger partial charge is 0.253 e. The molecule has 2 heterocycles. The third-order valence-electron chi connectivity index (χ3n) is 5.23. The summed E-state index contributed by atoms with van der Waals surface area (Å²) in [6.45, 7) is 0.395. The van der Waals surface area contributed by atoms with Gasteiger partial charge in [-0.1, -0.05) is 12.1 Å². The van der Waals surface area contributed by atoms with Crippen LogP contribution in [0, 0.1) is 0 Å². The summed E-state index contributed by atoms with van der Waals surface area (Å²) >= 11 is 0. The molecule has 1 aromatic carbocycles. The van der Waals surface area contributed by atoms with Crippen LogP contribution in [0.4, 0.5) is 5.95 Å². The van der Waals surface area contributed by atoms with Gasteiger partial charge in [-0.3, -0.25) is 4.79 Å². The Balaban J connectivity index is 1.52. The van der Waals surface area contributed by atoms with E-state index in [0.717, 1.165) is 36.8 Å². The summed E-state index contributed by atoms with van der Waals surface area (Å²) in [5.74, 6) is 0.331. The Hall–Kier alpha value is -3.00. The van der Waals surface area contributed by atoms with E-state index in [-0.39, 0.29) is 18.1 Å². The number of aliphatic hydroxyl groups excluding tert-OH is 1. The van der Waals surface area contributed by atoms with E-state index in [0.29, 0.717) is 23.6 Å². The molecule has 1 amide bonds. The van der Waals surface area contributed by atoms with E-state index in [4.69, 9.17) is 0 Å². The fourth-order valence-corrected chi connectivity index (χ4v) is 3.53. The molecule has 28 heavy (non-hydrogen) atoms. The lowest BCUT2D eigenvalue weighted by Gasteiger charge is -2.26. The van der Waals surface area contributed by atoms with Gasteiger partial charge in [-0.25, -0.2) is 15.0 Å². The molecular weight excluding hydrogens is 356 g/mol. The van der Waals surface area contributed by atoms with Gasteiger partial charge in [-0.15, -0.1) is 0 Å². The van der Waals surface area contributed by atoms with Crippen LogP contribution in [0.3, 0.4) is 0 Å². The van der Waals surface area contributed by atoms with Crippen molar-refractivity contribution in [2.75, 3.05) is 5.32 Å². The van der Waals surface area contributed by atoms with Gasteiger partial charge >= 0.3 is 0 Å². The maximum absolute atomic E-state index is 12.8. The summed E-state index contributed by atoms with van der Waals surface area (Å²) in [5, 5.41) is 16.8. The van der Waals surface area contributed by atoms with Crippen LogP contribution in [-0.4, -0.2) is 42.7 Å². The first-order valence-corrected chi connectivity index (χ1v) is 9.54. The molecule has 1 fully saturated rings. The van der Waals surface area contributed by atoms with Crippen molar-refractivity contribution in [1.82, 2.24) is 24.8 Å². The molecule has 0 spiro atoms. The normalized spacial score (nSPS) is 19.5. The van der Waals surface area contributed by atoms with Crippen molar-refractivity contribution in [1.29, 1.82) is 0 Å². The van der Waals surface area contributed by atoms with Crippen molar-refractivity contribution in [3.8, 4) is 0 Å². The second-order valence-electron chi connectivity index (χ2n) is 7.27. The van der Waals surface area contributed by atoms with E-state index in [9.17, 15) is 9.90 Å². The molecule has 2 aromatic heterocycles. The zero-order chi connectivity index (χ0) is 19.5. The Labute approximate surface area is 163 Å². The standard InChI is InChI=1S/C20H24N6O2/c1-26-12-21-10-15(26)11-22-19(28)17-4-2-3-13-9-23-20(25-18(13)17)24-14-5-7-16(27)8-6-14/h2-4,9-10,12,14,16,27H,5-8,11H2,1H3,(H,22,28)(H,23,24,25). The van der Waals surface area contributed by atoms with Gasteiger partial charge < -0.3 is 20.3 Å². The first kappa shape index (κ1) is 18.4. The van der Waals surface area contributed by atoms with Crippen LogP contribution in [0.5, 0.6) is 0 Å². The van der Waals surface area contributed by atoms with Crippen molar-refractivity contribution < 1.29 is 9.90 Å². The molecular formula is C20H24N6O2. The number of carbonyl (C=O) groups is 1. The van der Waals surface area contributed by atoms with Crippen molar-refractivity contribution in [3.63, 3.8) is 0 Å². The minimum Gasteiger partial charge on any atom is -0.393 e. The summed E-state index contributed by atoms with van der Waals surface area (Å²) in [4.78, 5) is 25.8. The monoisotopic (exact) mass is 380 g/mol. The van der Waals surface area contributed by atoms with E-state index in [1.165, 1.54) is 0 Å². The number of fused-ring (bicyclic) bond motifs is 1. The number of rotatable bonds is 5. The van der Waals surface area contributed by atoms with E-state index in [2.05, 4.69) is 25.6 Å². The van der Waals surface area contributed by atoms with E-state index >= 15 is 0 Å². The molecule has 4 rings (SSSR count). The van der Waals surface area contributed by atoms with Crippen LogP contribution in [0.1, 0.15) is 41.7 Å². The van der Waals surface area contributed by atoms with Gasteiger partial charge in [0.05, 0.1) is 35.8 Å². The van der Waals surface area contributed by atoms with E-state index in [1.54, 1.807) is 24.8 Å². The van der Waals surface area contributed by atoms with Crippen molar-refractivity contribution in [2.24, 2.45) is 7.05 Å². The SMILES string of the molecule is Cn1cncc1CNC(=O)c1cccc2cnc(NC3CCC(O)CC3)nc12. The number of para-hydroxylation sites is 1. The molecule has 8 nitrogen and oxygen atoms in total. The summed E-state index contributed by atoms with van der Waals surface area (Å²) in [6.07, 6.45) is 8.30. The van der Waals surface area contributed by atoms with Crippen molar-refractivity contribution in [3.05, 3.63) is 48.2 Å². The topological polar surface area (TPSA) is 105 Å². The lowest BCUT2D eigenvalue weighted by molar-refractivity contribution is 0.0951. The number of aliphatic hydroxyl groups is 1. The number of anilines is 1. The van der Waals surface area contributed by atoms with Crippen LogP contribution in [0.25, 0.3) is 10.9 Å². The highest BCUT2D eigenvalue weighted by molar-refractivity contribution is 6.05. The number of amides is 1. The van der Waals surface area contributed by atoms with Gasteiger partial charge in [-0.05, 0) is 31.7 Å². The Morgan fingerprint density at radius 2 is 2.07 bits per heavy atom. The van der Waals surface area contributed by atoms with Crippen LogP contribution >= 0.6 is 0 Å². The number of imidazole rings is 1. The summed E-state index contributed by atoms with van der Waals surface area (Å²) < 4.78 is 1.87. The van der Waals surface area contributed by atoms with E-state index < -0.39 is 0 Å². The van der Waals surface area contributed by atoms with Crippen LogP contribution in [0.15, 0.2) is 36.9 Å². The zero-order valence-electron chi connectivity index (χ0n) is 15.8. The van der Waals surface area contributed by atoms with Gasteiger partial charge in [0.15, 0.2) is 0 Å². The zero-order valence-corrected chi connectivity index (χ0v) is 15.8. The third-order valence-corrected chi connectivity index (χ3v) is 5.23. The number of nitrogens with one attached hydrogen (secondary N) is 2. The van der Waals surface area contributed by atoms with Gasteiger partial charge in [0, 0.05) is 30.9 Å². The molecule has 3 N–H and O–H groups in total. The van der Waals surface area contributed by atoms with Crippen molar-refractivity contribution >= 4 is 22.8 Å². The molecule has 0 unspecified atom stereocenters. The Morgan fingerprint density at radius 3 is 2.82 bits per heavy atom. The number of benzene rings is 1. The Kier molecular flexibility index (Phi) is 5.21. The predicted molar refractivity (Wildman–Crippen MR) is 106 cm³/mol. The maximum atomic E-state index is 12.8. The molecule has 3 aromatic rings. The first-order chi connectivity index (χ1) is 13.6. The highest BCUT2D eigenvalue weighted by Gasteiger charge is 2.20. The molecule has 8 heteroatoms. The lowest BCUT2D eigenvalue weighted by atomic mass is 9.93. The Bertz CT molecular complexity index is 978. The second kappa shape index (κ2) is 7.93. The number of aromatic nitrogens is 4. The molecule has 1 aliphatic carbocycles. The number of hydrogen-bond acceptors (Lipinski definition) is 6. The fraction of sp³-hybridized carbons (Fsp3) is 0.400. The highest BCUT2D eigenvalue weighted by Crippen LogP contribution is 2.22. The third kappa shape index (κ3) is 3.96. The average molecular weight is 380 g/mol. The quantitative estimate of drug-likeness (QED) is 0.625. The highest BCUT2D eigenvalue weighted by atomic mass is 16.3. The minimum absolute atomic E-state index is 0.183. The number of aryl methyl sites for hydroxylation is 1. The van der Waals surface area contributed by atoms with Crippen LogP contribution < -0.4 is 10.6 Å². The summed E-state index contributed by atoms with van der Waals surface area (Å²) in [6, 6.07) is 5.75. The lowest BCUT2D eigenvalue weighted by Crippen LogP contribution is -2.29. The molecule has 1 aliphatic rings. The Morgan fingerprint density at radius 1 is 1.25 bits per heavy atom. The van der Waals surface area contributed by atoms with Crippen molar-refractivity contribution in [2.45, 2.75) is 44.4 Å². The molecule has 146 valence electrons. The van der Waals surface area contributed by atoms with Crippen LogP contribution in [0.2, 0.25) is 0 Å². The predicted octanol–water partition coefficient (Wildman–Crippen LogP) is 2.01. The first-order valence-electron chi connectivity index (χ1n) is 9.54. The number of nitrogens with zero attached hydrogens (tertiary/aromatic N) is 4. The second-order valence-corrected chi connectivity index (χ2v) is 7.27. The number of hydrogen-bond donors (Lipinski definition) is 3. The van der Waals surface area contributed by atoms with Gasteiger partial charge in [-0.2, -0.15) is 0 Å². The minimum atomic E-state index is -0.203. The van der Waals surface area contributed by atoms with Gasteiger partial charge in [0.2, 0.25) is 5.95 Å². The summed E-state index contributed by atoms with van der Waals surface area (Å²) in [7, 11) is 1.89. The van der Waals surface area contributed by atoms with Gasteiger partial charge in [0.25, 0.3) is 5.91 Å². The van der Waals surface area contributed by atoms with Crippen LogP contribution in [-0.2, 0) is 13.6 Å². The molecule has 0 radical (unpaired) electrons. The van der Waals surface area contributed by atoms with Gasteiger partial charge in [0.1, 0.15) is 0 Å². The largest absolute Gasteiger partial charge is 0.393 e. The molecule has 1 saturated carbocycles. The van der Waals surface area contributed by atoms with E-state index in [1.807, 2.05) is 23.7 Å². The maximum Gasteiger partial charge on any atom is 0.253 e.